The van der Waals surface area contributed by atoms with Gasteiger partial charge in [0, 0.05) is 35.0 Å². The van der Waals surface area contributed by atoms with Crippen molar-refractivity contribution in [1.29, 1.82) is 0 Å². The summed E-state index contributed by atoms with van der Waals surface area (Å²) in [6.07, 6.45) is 1.82. The Morgan fingerprint density at radius 2 is 2.11 bits per heavy atom. The topological polar surface area (TPSA) is 72.4 Å². The van der Waals surface area contributed by atoms with Crippen molar-refractivity contribution >= 4 is 28.2 Å². The van der Waals surface area contributed by atoms with Crippen LogP contribution in [-0.2, 0) is 0 Å². The van der Waals surface area contributed by atoms with E-state index < -0.39 is 0 Å². The van der Waals surface area contributed by atoms with Crippen LogP contribution in [0.5, 0.6) is 0 Å². The van der Waals surface area contributed by atoms with Gasteiger partial charge in [0.2, 0.25) is 11.8 Å². The van der Waals surface area contributed by atoms with E-state index in [1.165, 1.54) is 0 Å². The predicted molar refractivity (Wildman–Crippen MR) is 106 cm³/mol. The first kappa shape index (κ1) is 17.2. The van der Waals surface area contributed by atoms with E-state index in [2.05, 4.69) is 10.2 Å². The first-order chi connectivity index (χ1) is 13.7. The van der Waals surface area contributed by atoms with Gasteiger partial charge in [-0.1, -0.05) is 18.2 Å². The Labute approximate surface area is 165 Å². The monoisotopic (exact) mass is 393 g/mol. The van der Waals surface area contributed by atoms with Crippen LogP contribution in [-0.4, -0.2) is 34.1 Å². The summed E-state index contributed by atoms with van der Waals surface area (Å²) < 4.78 is 11.8. The molecule has 1 fully saturated rings. The molecule has 0 radical (unpaired) electrons. The lowest BCUT2D eigenvalue weighted by atomic mass is 9.97. The summed E-state index contributed by atoms with van der Waals surface area (Å²) in [5, 5.41) is 13.4. The summed E-state index contributed by atoms with van der Waals surface area (Å²) in [4.78, 5) is 15.0. The van der Waals surface area contributed by atoms with Gasteiger partial charge in [-0.25, -0.2) is 0 Å². The molecule has 0 bridgehead atoms. The van der Waals surface area contributed by atoms with E-state index in [-0.39, 0.29) is 11.8 Å². The van der Waals surface area contributed by atoms with Crippen molar-refractivity contribution in [3.8, 4) is 11.5 Å². The van der Waals surface area contributed by atoms with Crippen molar-refractivity contribution < 1.29 is 13.6 Å². The molecule has 3 aromatic heterocycles. The Hall–Kier alpha value is -2.93. The minimum Gasteiger partial charge on any atom is -0.451 e. The van der Waals surface area contributed by atoms with Gasteiger partial charge in [0.25, 0.3) is 5.91 Å². The molecule has 1 aromatic carbocycles. The number of hydrogen-bond acceptors (Lipinski definition) is 6. The average molecular weight is 393 g/mol. The van der Waals surface area contributed by atoms with E-state index in [0.717, 1.165) is 34.9 Å². The predicted octanol–water partition coefficient (Wildman–Crippen LogP) is 4.87. The molecule has 4 heterocycles. The summed E-state index contributed by atoms with van der Waals surface area (Å²) >= 11 is 1.59. The van der Waals surface area contributed by atoms with Crippen molar-refractivity contribution in [2.24, 2.45) is 0 Å². The van der Waals surface area contributed by atoms with Crippen molar-refractivity contribution in [3.63, 3.8) is 0 Å². The number of amides is 1. The Morgan fingerprint density at radius 1 is 1.21 bits per heavy atom. The van der Waals surface area contributed by atoms with E-state index in [0.29, 0.717) is 30.6 Å². The lowest BCUT2D eigenvalue weighted by Crippen LogP contribution is -2.39. The molecular formula is C21H19N3O3S. The summed E-state index contributed by atoms with van der Waals surface area (Å²) in [6.45, 7) is 3.20. The number of aryl methyl sites for hydroxylation is 1. The highest BCUT2D eigenvalue weighted by molar-refractivity contribution is 7.08. The number of hydrogen-bond donors (Lipinski definition) is 0. The zero-order chi connectivity index (χ0) is 19.1. The summed E-state index contributed by atoms with van der Waals surface area (Å²) in [7, 11) is 0. The quantitative estimate of drug-likeness (QED) is 0.496. The average Bonchev–Trinajstić information content (AvgIpc) is 3.48. The Balaban J connectivity index is 1.38. The number of para-hydroxylation sites is 1. The van der Waals surface area contributed by atoms with E-state index in [9.17, 15) is 4.79 Å². The number of piperidine rings is 1. The maximum Gasteiger partial charge on any atom is 0.289 e. The van der Waals surface area contributed by atoms with Gasteiger partial charge >= 0.3 is 0 Å². The van der Waals surface area contributed by atoms with Crippen molar-refractivity contribution in [2.45, 2.75) is 25.7 Å². The van der Waals surface area contributed by atoms with Gasteiger partial charge in [0.15, 0.2) is 5.76 Å². The highest BCUT2D eigenvalue weighted by atomic mass is 32.1. The number of rotatable bonds is 3. The van der Waals surface area contributed by atoms with E-state index in [4.69, 9.17) is 8.83 Å². The number of aromatic nitrogens is 2. The fourth-order valence-corrected chi connectivity index (χ4v) is 4.42. The standard InChI is InChI=1S/C21H19N3O3S/c1-13-16-6-2-3-7-17(16)26-18(13)21(25)24-9-4-5-14(11-24)19-22-23-20(27-19)15-8-10-28-12-15/h2-3,6-8,10,12,14H,4-5,9,11H2,1H3. The number of carbonyl (C=O) groups is 1. The maximum atomic E-state index is 13.1. The lowest BCUT2D eigenvalue weighted by molar-refractivity contribution is 0.0667. The largest absolute Gasteiger partial charge is 0.451 e. The zero-order valence-electron chi connectivity index (χ0n) is 15.4. The second-order valence-corrected chi connectivity index (χ2v) is 7.88. The molecule has 0 saturated carbocycles. The first-order valence-electron chi connectivity index (χ1n) is 9.34. The Morgan fingerprint density at radius 3 is 2.93 bits per heavy atom. The zero-order valence-corrected chi connectivity index (χ0v) is 16.2. The van der Waals surface area contributed by atoms with E-state index >= 15 is 0 Å². The highest BCUT2D eigenvalue weighted by Crippen LogP contribution is 2.31. The van der Waals surface area contributed by atoms with Crippen LogP contribution in [0.4, 0.5) is 0 Å². The summed E-state index contributed by atoms with van der Waals surface area (Å²) in [6, 6.07) is 9.70. The van der Waals surface area contributed by atoms with Crippen LogP contribution in [0, 0.1) is 6.92 Å². The molecule has 142 valence electrons. The molecule has 1 aliphatic heterocycles. The number of likely N-dealkylation sites (tertiary alicyclic amines) is 1. The molecule has 1 saturated heterocycles. The molecule has 0 spiro atoms. The normalized spacial score (nSPS) is 17.3. The molecule has 28 heavy (non-hydrogen) atoms. The third-order valence-electron chi connectivity index (χ3n) is 5.30. The van der Waals surface area contributed by atoms with Crippen molar-refractivity contribution in [3.05, 3.63) is 58.3 Å². The molecule has 5 rings (SSSR count). The Kier molecular flexibility index (Phi) is 4.24. The van der Waals surface area contributed by atoms with E-state index in [1.54, 1.807) is 11.3 Å². The van der Waals surface area contributed by atoms with Crippen molar-refractivity contribution in [2.75, 3.05) is 13.1 Å². The number of fused-ring (bicyclic) bond motifs is 1. The fraction of sp³-hybridized carbons (Fsp3) is 0.286. The molecule has 7 heteroatoms. The number of carbonyl (C=O) groups excluding carboxylic acids is 1. The number of thiophene rings is 1. The smallest absolute Gasteiger partial charge is 0.289 e. The van der Waals surface area contributed by atoms with Gasteiger partial charge in [-0.3, -0.25) is 4.79 Å². The summed E-state index contributed by atoms with van der Waals surface area (Å²) in [5.41, 5.74) is 2.57. The molecule has 1 amide bonds. The molecule has 1 aliphatic rings. The van der Waals surface area contributed by atoms with Crippen LogP contribution in [0.1, 0.15) is 40.8 Å². The van der Waals surface area contributed by atoms with Crippen LogP contribution in [0.15, 0.2) is 49.9 Å². The molecule has 1 unspecified atom stereocenters. The molecule has 4 aromatic rings. The minimum atomic E-state index is -0.0732. The Bertz CT molecular complexity index is 1130. The van der Waals surface area contributed by atoms with Crippen LogP contribution < -0.4 is 0 Å². The summed E-state index contributed by atoms with van der Waals surface area (Å²) in [5.74, 6) is 1.53. The van der Waals surface area contributed by atoms with Crippen LogP contribution in [0.2, 0.25) is 0 Å². The van der Waals surface area contributed by atoms with Gasteiger partial charge in [0.05, 0.1) is 5.92 Å². The van der Waals surface area contributed by atoms with Crippen LogP contribution in [0.25, 0.3) is 22.4 Å². The molecule has 1 atom stereocenters. The maximum absolute atomic E-state index is 13.1. The number of nitrogens with zero attached hydrogens (tertiary/aromatic N) is 3. The van der Waals surface area contributed by atoms with Crippen LogP contribution >= 0.6 is 11.3 Å². The van der Waals surface area contributed by atoms with Gasteiger partial charge in [-0.15, -0.1) is 10.2 Å². The van der Waals surface area contributed by atoms with Crippen molar-refractivity contribution in [1.82, 2.24) is 15.1 Å². The van der Waals surface area contributed by atoms with Gasteiger partial charge < -0.3 is 13.7 Å². The second kappa shape index (κ2) is 6.91. The van der Waals surface area contributed by atoms with Gasteiger partial charge in [0.1, 0.15) is 5.58 Å². The molecule has 0 aliphatic carbocycles. The third-order valence-corrected chi connectivity index (χ3v) is 5.99. The van der Waals surface area contributed by atoms with Crippen LogP contribution in [0.3, 0.4) is 0 Å². The fourth-order valence-electron chi connectivity index (χ4n) is 3.79. The highest BCUT2D eigenvalue weighted by Gasteiger charge is 2.31. The van der Waals surface area contributed by atoms with Gasteiger partial charge in [-0.2, -0.15) is 11.3 Å². The molecule has 0 N–H and O–H groups in total. The van der Waals surface area contributed by atoms with Gasteiger partial charge in [-0.05, 0) is 37.3 Å². The van der Waals surface area contributed by atoms with E-state index in [1.807, 2.05) is 52.9 Å². The third kappa shape index (κ3) is 2.92. The molecular weight excluding hydrogens is 374 g/mol. The molecule has 6 nitrogen and oxygen atoms in total. The number of furan rings is 1. The number of benzene rings is 1. The lowest BCUT2D eigenvalue weighted by Gasteiger charge is -2.30. The second-order valence-electron chi connectivity index (χ2n) is 7.10. The minimum absolute atomic E-state index is 0.0438. The SMILES string of the molecule is Cc1c(C(=O)N2CCCC(c3nnc(-c4ccsc4)o3)C2)oc2ccccc12. The first-order valence-corrected chi connectivity index (χ1v) is 10.3.